The van der Waals surface area contributed by atoms with E-state index in [0.717, 1.165) is 18.4 Å². The molecule has 1 fully saturated rings. The van der Waals surface area contributed by atoms with Crippen molar-refractivity contribution in [1.29, 1.82) is 0 Å². The van der Waals surface area contributed by atoms with Gasteiger partial charge >= 0.3 is 0 Å². The summed E-state index contributed by atoms with van der Waals surface area (Å²) in [6.45, 7) is 2.64. The number of benzene rings is 2. The Kier molecular flexibility index (Phi) is 4.74. The first-order valence-electron chi connectivity index (χ1n) is 8.32. The number of hydrogen-bond donors (Lipinski definition) is 1. The van der Waals surface area contributed by atoms with Gasteiger partial charge in [0.15, 0.2) is 0 Å². The summed E-state index contributed by atoms with van der Waals surface area (Å²) in [5, 5.41) is 10.2. The highest BCUT2D eigenvalue weighted by molar-refractivity contribution is 5.97. The van der Waals surface area contributed by atoms with E-state index in [1.54, 1.807) is 12.1 Å². The fourth-order valence-electron chi connectivity index (χ4n) is 2.99. The standard InChI is InChI=1S/C20H23NO3/c1-14(16-8-9-16)21(13-15-6-4-3-5-7-15)20(23)18-11-10-17(24-2)12-19(18)22/h3-7,10-12,14,16,22H,8-9,13H2,1-2H3. The van der Waals surface area contributed by atoms with Crippen LogP contribution in [-0.2, 0) is 6.54 Å². The zero-order valence-electron chi connectivity index (χ0n) is 14.1. The molecule has 0 saturated heterocycles. The molecule has 0 aromatic heterocycles. The zero-order valence-corrected chi connectivity index (χ0v) is 14.1. The third-order valence-corrected chi connectivity index (χ3v) is 4.69. The highest BCUT2D eigenvalue weighted by Crippen LogP contribution is 2.37. The molecule has 1 saturated carbocycles. The second kappa shape index (κ2) is 6.95. The van der Waals surface area contributed by atoms with Gasteiger partial charge in [0.1, 0.15) is 11.5 Å². The molecule has 1 aliphatic rings. The molecule has 1 amide bonds. The molecule has 24 heavy (non-hydrogen) atoms. The largest absolute Gasteiger partial charge is 0.507 e. The number of hydrogen-bond acceptors (Lipinski definition) is 3. The average Bonchev–Trinajstić information content (AvgIpc) is 3.44. The molecule has 0 radical (unpaired) electrons. The maximum Gasteiger partial charge on any atom is 0.258 e. The van der Waals surface area contributed by atoms with Crippen LogP contribution >= 0.6 is 0 Å². The van der Waals surface area contributed by atoms with Crippen molar-refractivity contribution in [3.8, 4) is 11.5 Å². The Hall–Kier alpha value is -2.49. The lowest BCUT2D eigenvalue weighted by molar-refractivity contribution is 0.0651. The number of methoxy groups -OCH3 is 1. The van der Waals surface area contributed by atoms with Gasteiger partial charge in [-0.25, -0.2) is 0 Å². The average molecular weight is 325 g/mol. The van der Waals surface area contributed by atoms with Gasteiger partial charge < -0.3 is 14.7 Å². The topological polar surface area (TPSA) is 49.8 Å². The molecule has 4 nitrogen and oxygen atoms in total. The number of carbonyl (C=O) groups excluding carboxylic acids is 1. The van der Waals surface area contributed by atoms with Crippen molar-refractivity contribution >= 4 is 5.91 Å². The Labute approximate surface area is 142 Å². The van der Waals surface area contributed by atoms with E-state index in [1.165, 1.54) is 13.2 Å². The quantitative estimate of drug-likeness (QED) is 0.878. The molecule has 1 aliphatic carbocycles. The number of rotatable bonds is 6. The summed E-state index contributed by atoms with van der Waals surface area (Å²) in [5.41, 5.74) is 1.41. The number of nitrogens with zero attached hydrogens (tertiary/aromatic N) is 1. The summed E-state index contributed by atoms with van der Waals surface area (Å²) in [4.78, 5) is 14.9. The number of phenols is 1. The van der Waals surface area contributed by atoms with E-state index in [2.05, 4.69) is 6.92 Å². The zero-order chi connectivity index (χ0) is 17.1. The second-order valence-corrected chi connectivity index (χ2v) is 6.38. The van der Waals surface area contributed by atoms with Crippen LogP contribution in [0.15, 0.2) is 48.5 Å². The predicted octanol–water partition coefficient (Wildman–Crippen LogP) is 3.84. The first kappa shape index (κ1) is 16.4. The fourth-order valence-corrected chi connectivity index (χ4v) is 2.99. The van der Waals surface area contributed by atoms with Gasteiger partial charge in [0, 0.05) is 18.7 Å². The maximum absolute atomic E-state index is 13.1. The van der Waals surface area contributed by atoms with Crippen molar-refractivity contribution in [3.05, 3.63) is 59.7 Å². The highest BCUT2D eigenvalue weighted by Gasteiger charge is 2.35. The van der Waals surface area contributed by atoms with E-state index >= 15 is 0 Å². The summed E-state index contributed by atoms with van der Waals surface area (Å²) in [7, 11) is 1.53. The molecule has 0 spiro atoms. The minimum Gasteiger partial charge on any atom is -0.507 e. The summed E-state index contributed by atoms with van der Waals surface area (Å²) in [6, 6.07) is 14.9. The van der Waals surface area contributed by atoms with Crippen LogP contribution < -0.4 is 4.74 Å². The Morgan fingerprint density at radius 3 is 2.54 bits per heavy atom. The number of phenolic OH excluding ortho intramolecular Hbond substituents is 1. The molecule has 126 valence electrons. The van der Waals surface area contributed by atoms with Gasteiger partial charge in [-0.2, -0.15) is 0 Å². The summed E-state index contributed by atoms with van der Waals surface area (Å²) in [6.07, 6.45) is 2.32. The lowest BCUT2D eigenvalue weighted by atomic mass is 10.1. The summed E-state index contributed by atoms with van der Waals surface area (Å²) < 4.78 is 5.10. The van der Waals surface area contributed by atoms with E-state index in [-0.39, 0.29) is 17.7 Å². The van der Waals surface area contributed by atoms with Gasteiger partial charge in [0.2, 0.25) is 0 Å². The monoisotopic (exact) mass is 325 g/mol. The molecular weight excluding hydrogens is 302 g/mol. The molecule has 2 aromatic carbocycles. The molecule has 0 heterocycles. The Morgan fingerprint density at radius 1 is 1.25 bits per heavy atom. The molecule has 1 N–H and O–H groups in total. The van der Waals surface area contributed by atoms with Crippen LogP contribution in [-0.4, -0.2) is 29.1 Å². The molecule has 2 aromatic rings. The van der Waals surface area contributed by atoms with Crippen molar-refractivity contribution in [3.63, 3.8) is 0 Å². The third-order valence-electron chi connectivity index (χ3n) is 4.69. The van der Waals surface area contributed by atoms with Crippen molar-refractivity contribution in [2.24, 2.45) is 5.92 Å². The van der Waals surface area contributed by atoms with Crippen molar-refractivity contribution < 1.29 is 14.6 Å². The van der Waals surface area contributed by atoms with Gasteiger partial charge in [-0.1, -0.05) is 30.3 Å². The minimum atomic E-state index is -0.140. The fraction of sp³-hybridized carbons (Fsp3) is 0.350. The Bertz CT molecular complexity index is 710. The summed E-state index contributed by atoms with van der Waals surface area (Å²) in [5.74, 6) is 0.908. The molecule has 0 bridgehead atoms. The van der Waals surface area contributed by atoms with Gasteiger partial charge in [0.05, 0.1) is 12.7 Å². The van der Waals surface area contributed by atoms with Crippen molar-refractivity contribution in [2.75, 3.05) is 7.11 Å². The van der Waals surface area contributed by atoms with Crippen molar-refractivity contribution in [1.82, 2.24) is 4.90 Å². The van der Waals surface area contributed by atoms with Crippen LogP contribution in [0.2, 0.25) is 0 Å². The number of aromatic hydroxyl groups is 1. The number of ether oxygens (including phenoxy) is 1. The smallest absolute Gasteiger partial charge is 0.258 e. The van der Waals surface area contributed by atoms with Crippen LogP contribution in [0.5, 0.6) is 11.5 Å². The van der Waals surface area contributed by atoms with Crippen LogP contribution in [0.3, 0.4) is 0 Å². The van der Waals surface area contributed by atoms with Gasteiger partial charge in [-0.3, -0.25) is 4.79 Å². The molecule has 1 unspecified atom stereocenters. The molecular formula is C20H23NO3. The summed E-state index contributed by atoms with van der Waals surface area (Å²) >= 11 is 0. The SMILES string of the molecule is COc1ccc(C(=O)N(Cc2ccccc2)C(C)C2CC2)c(O)c1. The number of amides is 1. The molecule has 3 rings (SSSR count). The molecule has 4 heteroatoms. The molecule has 1 atom stereocenters. The van der Waals surface area contributed by atoms with Gasteiger partial charge in [0.25, 0.3) is 5.91 Å². The number of carbonyl (C=O) groups is 1. The second-order valence-electron chi connectivity index (χ2n) is 6.38. The van der Waals surface area contributed by atoms with Crippen LogP contribution in [0.25, 0.3) is 0 Å². The van der Waals surface area contributed by atoms with E-state index < -0.39 is 0 Å². The third kappa shape index (κ3) is 3.53. The lowest BCUT2D eigenvalue weighted by Crippen LogP contribution is -2.39. The van der Waals surface area contributed by atoms with Crippen molar-refractivity contribution in [2.45, 2.75) is 32.4 Å². The van der Waals surface area contributed by atoms with Crippen LogP contribution in [0.4, 0.5) is 0 Å². The normalized spacial score (nSPS) is 14.9. The van der Waals surface area contributed by atoms with Crippen LogP contribution in [0.1, 0.15) is 35.7 Å². The Balaban J connectivity index is 1.88. The van der Waals surface area contributed by atoms with E-state index in [9.17, 15) is 9.90 Å². The first-order valence-corrected chi connectivity index (χ1v) is 8.32. The van der Waals surface area contributed by atoms with E-state index in [1.807, 2.05) is 35.2 Å². The predicted molar refractivity (Wildman–Crippen MR) is 93.2 cm³/mol. The molecule has 0 aliphatic heterocycles. The van der Waals surface area contributed by atoms with Crippen LogP contribution in [0, 0.1) is 5.92 Å². The van der Waals surface area contributed by atoms with Gasteiger partial charge in [-0.15, -0.1) is 0 Å². The minimum absolute atomic E-state index is 0.0413. The van der Waals surface area contributed by atoms with E-state index in [0.29, 0.717) is 23.8 Å². The maximum atomic E-state index is 13.1. The Morgan fingerprint density at radius 2 is 1.96 bits per heavy atom. The van der Waals surface area contributed by atoms with Gasteiger partial charge in [-0.05, 0) is 43.4 Å². The first-order chi connectivity index (χ1) is 11.6. The lowest BCUT2D eigenvalue weighted by Gasteiger charge is -2.30. The van der Waals surface area contributed by atoms with E-state index in [4.69, 9.17) is 4.74 Å². The highest BCUT2D eigenvalue weighted by atomic mass is 16.5.